The van der Waals surface area contributed by atoms with Crippen LogP contribution < -0.4 is 10.1 Å². The van der Waals surface area contributed by atoms with Gasteiger partial charge in [-0.2, -0.15) is 0 Å². The Balaban J connectivity index is 2.47. The number of nitrogens with one attached hydrogen (secondary N) is 1. The van der Waals surface area contributed by atoms with E-state index in [4.69, 9.17) is 4.74 Å². The first-order chi connectivity index (χ1) is 9.45. The summed E-state index contributed by atoms with van der Waals surface area (Å²) in [4.78, 5) is 0. The summed E-state index contributed by atoms with van der Waals surface area (Å²) in [5.74, 6) is 1.67. The third-order valence-electron chi connectivity index (χ3n) is 3.22. The van der Waals surface area contributed by atoms with Gasteiger partial charge in [0.25, 0.3) is 0 Å². The van der Waals surface area contributed by atoms with Gasteiger partial charge in [0, 0.05) is 18.2 Å². The summed E-state index contributed by atoms with van der Waals surface area (Å²) in [5, 5.41) is 11.3. The van der Waals surface area contributed by atoms with Crippen molar-refractivity contribution in [2.24, 2.45) is 0 Å². The van der Waals surface area contributed by atoms with Crippen LogP contribution in [-0.2, 0) is 5.41 Å². The second kappa shape index (κ2) is 5.49. The second-order valence-corrected chi connectivity index (χ2v) is 5.72. The molecule has 2 aromatic rings. The minimum absolute atomic E-state index is 0.0136. The molecule has 1 heterocycles. The number of aromatic nitrogens is 2. The molecule has 0 saturated carbocycles. The van der Waals surface area contributed by atoms with Crippen molar-refractivity contribution < 1.29 is 4.74 Å². The molecule has 2 rings (SSSR count). The van der Waals surface area contributed by atoms with E-state index >= 15 is 0 Å². The Morgan fingerprint density at radius 2 is 1.80 bits per heavy atom. The average molecular weight is 271 g/mol. The van der Waals surface area contributed by atoms with Crippen LogP contribution in [0.4, 0.5) is 5.82 Å². The van der Waals surface area contributed by atoms with Gasteiger partial charge >= 0.3 is 0 Å². The summed E-state index contributed by atoms with van der Waals surface area (Å²) < 4.78 is 5.45. The summed E-state index contributed by atoms with van der Waals surface area (Å²) in [5.41, 5.74) is 3.08. The Bertz CT molecular complexity index is 586. The topological polar surface area (TPSA) is 47.0 Å². The lowest BCUT2D eigenvalue weighted by atomic mass is 9.85. The molecular formula is C16H21N3O. The van der Waals surface area contributed by atoms with Gasteiger partial charge in [0.2, 0.25) is 0 Å². The van der Waals surface area contributed by atoms with Crippen LogP contribution in [0.2, 0.25) is 0 Å². The maximum atomic E-state index is 5.45. The molecule has 0 spiro atoms. The lowest BCUT2D eigenvalue weighted by Gasteiger charge is -2.22. The van der Waals surface area contributed by atoms with Crippen molar-refractivity contribution in [1.29, 1.82) is 0 Å². The molecule has 0 atom stereocenters. The molecule has 0 aliphatic rings. The van der Waals surface area contributed by atoms with Gasteiger partial charge in [-0.1, -0.05) is 20.8 Å². The van der Waals surface area contributed by atoms with E-state index in [0.717, 1.165) is 28.4 Å². The molecule has 1 aromatic carbocycles. The number of hydrogen-bond donors (Lipinski definition) is 1. The number of ether oxygens (including phenoxy) is 1. The van der Waals surface area contributed by atoms with Gasteiger partial charge < -0.3 is 10.1 Å². The summed E-state index contributed by atoms with van der Waals surface area (Å²) in [7, 11) is 3.53. The largest absolute Gasteiger partial charge is 0.496 e. The zero-order chi connectivity index (χ0) is 14.8. The molecule has 0 unspecified atom stereocenters. The predicted octanol–water partition coefficient (Wildman–Crippen LogP) is 3.49. The predicted molar refractivity (Wildman–Crippen MR) is 82.3 cm³/mol. The van der Waals surface area contributed by atoms with Crippen LogP contribution in [0.25, 0.3) is 11.3 Å². The molecule has 0 bridgehead atoms. The van der Waals surface area contributed by atoms with Gasteiger partial charge in [0.05, 0.1) is 12.8 Å². The van der Waals surface area contributed by atoms with Gasteiger partial charge in [0.15, 0.2) is 0 Å². The van der Waals surface area contributed by atoms with Crippen molar-refractivity contribution >= 4 is 5.82 Å². The Morgan fingerprint density at radius 1 is 1.05 bits per heavy atom. The van der Waals surface area contributed by atoms with E-state index in [1.807, 2.05) is 31.3 Å². The van der Waals surface area contributed by atoms with Crippen molar-refractivity contribution in [2.75, 3.05) is 19.5 Å². The monoisotopic (exact) mass is 271 g/mol. The van der Waals surface area contributed by atoms with Crippen molar-refractivity contribution in [3.63, 3.8) is 0 Å². The first-order valence-electron chi connectivity index (χ1n) is 6.66. The van der Waals surface area contributed by atoms with Crippen LogP contribution in [0, 0.1) is 0 Å². The number of rotatable bonds is 3. The van der Waals surface area contributed by atoms with Crippen LogP contribution in [0.3, 0.4) is 0 Å². The van der Waals surface area contributed by atoms with Crippen LogP contribution in [0.5, 0.6) is 5.75 Å². The van der Waals surface area contributed by atoms with E-state index in [2.05, 4.69) is 42.4 Å². The number of benzene rings is 1. The molecule has 0 saturated heterocycles. The molecule has 1 N–H and O–H groups in total. The van der Waals surface area contributed by atoms with Gasteiger partial charge in [-0.25, -0.2) is 0 Å². The first kappa shape index (κ1) is 14.3. The van der Waals surface area contributed by atoms with Crippen LogP contribution in [0.15, 0.2) is 30.3 Å². The van der Waals surface area contributed by atoms with E-state index < -0.39 is 0 Å². The molecule has 20 heavy (non-hydrogen) atoms. The average Bonchev–Trinajstić information content (AvgIpc) is 2.46. The van der Waals surface area contributed by atoms with E-state index in [1.54, 1.807) is 7.11 Å². The highest BCUT2D eigenvalue weighted by Gasteiger charge is 2.19. The Hall–Kier alpha value is -2.10. The summed E-state index contributed by atoms with van der Waals surface area (Å²) >= 11 is 0. The Labute approximate surface area is 120 Å². The van der Waals surface area contributed by atoms with Crippen molar-refractivity contribution in [1.82, 2.24) is 10.2 Å². The zero-order valence-corrected chi connectivity index (χ0v) is 12.7. The standard InChI is InChI=1S/C16H21N3O/c1-16(2,3)12-10-11(6-8-14(12)20-5)13-7-9-15(17-4)19-18-13/h6-10H,1-5H3,(H,17,19). The van der Waals surface area contributed by atoms with E-state index in [9.17, 15) is 0 Å². The maximum absolute atomic E-state index is 5.45. The fourth-order valence-electron chi connectivity index (χ4n) is 2.07. The molecule has 4 heteroatoms. The number of hydrogen-bond acceptors (Lipinski definition) is 4. The minimum Gasteiger partial charge on any atom is -0.496 e. The number of nitrogens with zero attached hydrogens (tertiary/aromatic N) is 2. The van der Waals surface area contributed by atoms with Crippen molar-refractivity contribution in [2.45, 2.75) is 26.2 Å². The van der Waals surface area contributed by atoms with Gasteiger partial charge in [-0.15, -0.1) is 10.2 Å². The van der Waals surface area contributed by atoms with E-state index in [-0.39, 0.29) is 5.41 Å². The summed E-state index contributed by atoms with van der Waals surface area (Å²) in [6.07, 6.45) is 0. The molecule has 4 nitrogen and oxygen atoms in total. The number of anilines is 1. The van der Waals surface area contributed by atoms with Gasteiger partial charge in [-0.05, 0) is 35.7 Å². The molecule has 0 aliphatic carbocycles. The SMILES string of the molecule is CNc1ccc(-c2ccc(OC)c(C(C)(C)C)c2)nn1. The molecule has 0 amide bonds. The van der Waals surface area contributed by atoms with Crippen molar-refractivity contribution in [3.05, 3.63) is 35.9 Å². The fourth-order valence-corrected chi connectivity index (χ4v) is 2.07. The molecular weight excluding hydrogens is 250 g/mol. The molecule has 1 aromatic heterocycles. The third-order valence-corrected chi connectivity index (χ3v) is 3.22. The van der Waals surface area contributed by atoms with Crippen molar-refractivity contribution in [3.8, 4) is 17.0 Å². The Morgan fingerprint density at radius 3 is 2.30 bits per heavy atom. The molecule has 0 fully saturated rings. The van der Waals surface area contributed by atoms with Crippen LogP contribution in [0.1, 0.15) is 26.3 Å². The fraction of sp³-hybridized carbons (Fsp3) is 0.375. The number of methoxy groups -OCH3 is 1. The highest BCUT2D eigenvalue weighted by Crippen LogP contribution is 2.34. The Kier molecular flexibility index (Phi) is 3.93. The maximum Gasteiger partial charge on any atom is 0.148 e. The van der Waals surface area contributed by atoms with Crippen LogP contribution >= 0.6 is 0 Å². The van der Waals surface area contributed by atoms with Gasteiger partial charge in [0.1, 0.15) is 11.6 Å². The normalized spacial score (nSPS) is 11.2. The third kappa shape index (κ3) is 2.90. The second-order valence-electron chi connectivity index (χ2n) is 5.72. The minimum atomic E-state index is 0.0136. The van der Waals surface area contributed by atoms with E-state index in [1.165, 1.54) is 0 Å². The lowest BCUT2D eigenvalue weighted by Crippen LogP contribution is -2.13. The molecule has 0 aliphatic heterocycles. The highest BCUT2D eigenvalue weighted by atomic mass is 16.5. The smallest absolute Gasteiger partial charge is 0.148 e. The van der Waals surface area contributed by atoms with Crippen LogP contribution in [-0.4, -0.2) is 24.4 Å². The first-order valence-corrected chi connectivity index (χ1v) is 6.66. The van der Waals surface area contributed by atoms with E-state index in [0.29, 0.717) is 0 Å². The summed E-state index contributed by atoms with van der Waals surface area (Å²) in [6, 6.07) is 10.0. The molecule has 0 radical (unpaired) electrons. The lowest BCUT2D eigenvalue weighted by molar-refractivity contribution is 0.397. The quantitative estimate of drug-likeness (QED) is 0.928. The zero-order valence-electron chi connectivity index (χ0n) is 12.7. The van der Waals surface area contributed by atoms with Gasteiger partial charge in [-0.3, -0.25) is 0 Å². The highest BCUT2D eigenvalue weighted by molar-refractivity contribution is 5.63. The summed E-state index contributed by atoms with van der Waals surface area (Å²) in [6.45, 7) is 6.51. The molecule has 106 valence electrons.